The minimum atomic E-state index is 0.200. The molecule has 4 nitrogen and oxygen atoms in total. The monoisotopic (exact) mass is 335 g/mol. The maximum atomic E-state index is 12.2. The van der Waals surface area contributed by atoms with E-state index in [0.29, 0.717) is 19.6 Å². The molecule has 0 aromatic heterocycles. The molecule has 136 valence electrons. The van der Waals surface area contributed by atoms with Gasteiger partial charge in [0, 0.05) is 20.0 Å². The first-order chi connectivity index (χ1) is 11.6. The summed E-state index contributed by atoms with van der Waals surface area (Å²) < 4.78 is 11.6. The number of aryl methyl sites for hydroxylation is 1. The molecule has 0 saturated carbocycles. The molecule has 0 aliphatic rings. The number of hydrogen-bond acceptors (Lipinski definition) is 3. The first kappa shape index (κ1) is 20.3. The molecule has 1 aromatic carbocycles. The van der Waals surface area contributed by atoms with Crippen molar-refractivity contribution in [2.24, 2.45) is 0 Å². The predicted octanol–water partition coefficient (Wildman–Crippen LogP) is 4.46. The van der Waals surface area contributed by atoms with Gasteiger partial charge >= 0.3 is 0 Å². The maximum absolute atomic E-state index is 12.2. The lowest BCUT2D eigenvalue weighted by Gasteiger charge is -2.17. The van der Waals surface area contributed by atoms with Crippen molar-refractivity contribution < 1.29 is 14.3 Å². The van der Waals surface area contributed by atoms with Crippen LogP contribution in [0, 0.1) is 0 Å². The zero-order chi connectivity index (χ0) is 17.8. The second kappa shape index (κ2) is 11.8. The average molecular weight is 335 g/mol. The third kappa shape index (κ3) is 7.24. The SMILES string of the molecule is CCCCN(C)C(=O)CCc1ccc(OCCC)c(OCCC)c1. The molecule has 0 saturated heterocycles. The van der Waals surface area contributed by atoms with Crippen LogP contribution in [0.1, 0.15) is 58.4 Å². The number of hydrogen-bond donors (Lipinski definition) is 0. The van der Waals surface area contributed by atoms with Crippen molar-refractivity contribution in [2.75, 3.05) is 26.8 Å². The Kier molecular flexibility index (Phi) is 9.97. The molecule has 0 heterocycles. The third-order valence-electron chi connectivity index (χ3n) is 3.83. The molecule has 0 aliphatic carbocycles. The molecule has 0 spiro atoms. The zero-order valence-corrected chi connectivity index (χ0v) is 15.8. The van der Waals surface area contributed by atoms with Crippen LogP contribution in [-0.4, -0.2) is 37.6 Å². The summed E-state index contributed by atoms with van der Waals surface area (Å²) in [7, 11) is 1.88. The molecule has 0 N–H and O–H groups in total. The molecular formula is C20H33NO3. The summed E-state index contributed by atoms with van der Waals surface area (Å²) >= 11 is 0. The minimum absolute atomic E-state index is 0.200. The molecule has 0 bridgehead atoms. The number of nitrogens with zero attached hydrogens (tertiary/aromatic N) is 1. The summed E-state index contributed by atoms with van der Waals surface area (Å²) in [6, 6.07) is 6.00. The molecule has 1 amide bonds. The summed E-state index contributed by atoms with van der Waals surface area (Å²) in [5.74, 6) is 1.78. The van der Waals surface area contributed by atoms with Gasteiger partial charge in [-0.1, -0.05) is 33.3 Å². The van der Waals surface area contributed by atoms with Crippen LogP contribution in [0.3, 0.4) is 0 Å². The lowest BCUT2D eigenvalue weighted by atomic mass is 10.1. The Balaban J connectivity index is 2.65. The summed E-state index contributed by atoms with van der Waals surface area (Å²) in [5, 5.41) is 0. The molecule has 1 aromatic rings. The van der Waals surface area contributed by atoms with Gasteiger partial charge in [-0.2, -0.15) is 0 Å². The Hall–Kier alpha value is -1.71. The fourth-order valence-electron chi connectivity index (χ4n) is 2.33. The largest absolute Gasteiger partial charge is 0.490 e. The average Bonchev–Trinajstić information content (AvgIpc) is 2.61. The minimum Gasteiger partial charge on any atom is -0.490 e. The van der Waals surface area contributed by atoms with Crippen LogP contribution in [0.4, 0.5) is 0 Å². The van der Waals surface area contributed by atoms with E-state index in [9.17, 15) is 4.79 Å². The Morgan fingerprint density at radius 3 is 2.29 bits per heavy atom. The lowest BCUT2D eigenvalue weighted by Crippen LogP contribution is -2.27. The van der Waals surface area contributed by atoms with E-state index in [-0.39, 0.29) is 5.91 Å². The number of carbonyl (C=O) groups excluding carboxylic acids is 1. The smallest absolute Gasteiger partial charge is 0.222 e. The quantitative estimate of drug-likeness (QED) is 0.566. The van der Waals surface area contributed by atoms with Crippen LogP contribution in [-0.2, 0) is 11.2 Å². The first-order valence-electron chi connectivity index (χ1n) is 9.24. The van der Waals surface area contributed by atoms with Crippen molar-refractivity contribution in [3.8, 4) is 11.5 Å². The highest BCUT2D eigenvalue weighted by Gasteiger charge is 2.11. The molecule has 24 heavy (non-hydrogen) atoms. The van der Waals surface area contributed by atoms with Crippen LogP contribution >= 0.6 is 0 Å². The van der Waals surface area contributed by atoms with Gasteiger partial charge < -0.3 is 14.4 Å². The van der Waals surface area contributed by atoms with Gasteiger partial charge in [-0.05, 0) is 43.4 Å². The molecular weight excluding hydrogens is 302 g/mol. The van der Waals surface area contributed by atoms with Crippen LogP contribution in [0.15, 0.2) is 18.2 Å². The Morgan fingerprint density at radius 2 is 1.67 bits per heavy atom. The van der Waals surface area contributed by atoms with E-state index in [4.69, 9.17) is 9.47 Å². The fraction of sp³-hybridized carbons (Fsp3) is 0.650. The number of benzene rings is 1. The lowest BCUT2D eigenvalue weighted by molar-refractivity contribution is -0.129. The summed E-state index contributed by atoms with van der Waals surface area (Å²) in [6.07, 6.45) is 5.34. The summed E-state index contributed by atoms with van der Waals surface area (Å²) in [6.45, 7) is 8.50. The highest BCUT2D eigenvalue weighted by molar-refractivity contribution is 5.76. The standard InChI is InChI=1S/C20H33NO3/c1-5-8-13-21(4)20(22)12-10-17-9-11-18(23-14-6-2)19(16-17)24-15-7-3/h9,11,16H,5-8,10,12-15H2,1-4H3. The van der Waals surface area contributed by atoms with Crippen LogP contribution in [0.2, 0.25) is 0 Å². The van der Waals surface area contributed by atoms with E-state index >= 15 is 0 Å². The van der Waals surface area contributed by atoms with E-state index < -0.39 is 0 Å². The van der Waals surface area contributed by atoms with Gasteiger partial charge in [0.2, 0.25) is 5.91 Å². The topological polar surface area (TPSA) is 38.8 Å². The molecule has 0 radical (unpaired) electrons. The van der Waals surface area contributed by atoms with Gasteiger partial charge in [0.05, 0.1) is 13.2 Å². The van der Waals surface area contributed by atoms with Crippen molar-refractivity contribution in [2.45, 2.75) is 59.3 Å². The van der Waals surface area contributed by atoms with Crippen molar-refractivity contribution in [1.82, 2.24) is 4.90 Å². The third-order valence-corrected chi connectivity index (χ3v) is 3.83. The van der Waals surface area contributed by atoms with Gasteiger partial charge in [0.25, 0.3) is 0 Å². The number of amides is 1. The molecule has 0 unspecified atom stereocenters. The highest BCUT2D eigenvalue weighted by Crippen LogP contribution is 2.29. The summed E-state index contributed by atoms with van der Waals surface area (Å²) in [5.41, 5.74) is 1.11. The van der Waals surface area contributed by atoms with Crippen molar-refractivity contribution >= 4 is 5.91 Å². The normalized spacial score (nSPS) is 10.5. The van der Waals surface area contributed by atoms with Gasteiger partial charge in [0.1, 0.15) is 0 Å². The van der Waals surface area contributed by atoms with E-state index in [0.717, 1.165) is 55.7 Å². The zero-order valence-electron chi connectivity index (χ0n) is 15.8. The highest BCUT2D eigenvalue weighted by atomic mass is 16.5. The van der Waals surface area contributed by atoms with E-state index in [1.807, 2.05) is 30.1 Å². The van der Waals surface area contributed by atoms with Gasteiger partial charge in [0.15, 0.2) is 11.5 Å². The van der Waals surface area contributed by atoms with Gasteiger partial charge in [-0.3, -0.25) is 4.79 Å². The molecule has 0 atom stereocenters. The van der Waals surface area contributed by atoms with Crippen LogP contribution in [0.25, 0.3) is 0 Å². The first-order valence-corrected chi connectivity index (χ1v) is 9.24. The fourth-order valence-corrected chi connectivity index (χ4v) is 2.33. The number of carbonyl (C=O) groups is 1. The molecule has 1 rings (SSSR count). The van der Waals surface area contributed by atoms with Crippen LogP contribution in [0.5, 0.6) is 11.5 Å². The number of unbranched alkanes of at least 4 members (excludes halogenated alkanes) is 1. The predicted molar refractivity (Wildman–Crippen MR) is 98.9 cm³/mol. The van der Waals surface area contributed by atoms with Crippen molar-refractivity contribution in [3.63, 3.8) is 0 Å². The molecule has 0 fully saturated rings. The Bertz CT molecular complexity index is 488. The van der Waals surface area contributed by atoms with Crippen LogP contribution < -0.4 is 9.47 Å². The Labute approximate surface area is 147 Å². The summed E-state index contributed by atoms with van der Waals surface area (Å²) in [4.78, 5) is 14.0. The van der Waals surface area contributed by atoms with Crippen molar-refractivity contribution in [1.29, 1.82) is 0 Å². The molecule has 4 heteroatoms. The van der Waals surface area contributed by atoms with E-state index in [1.54, 1.807) is 0 Å². The van der Waals surface area contributed by atoms with Crippen molar-refractivity contribution in [3.05, 3.63) is 23.8 Å². The number of rotatable bonds is 12. The Morgan fingerprint density at radius 1 is 1.00 bits per heavy atom. The number of ether oxygens (including phenoxy) is 2. The maximum Gasteiger partial charge on any atom is 0.222 e. The second-order valence-electron chi connectivity index (χ2n) is 6.15. The van der Waals surface area contributed by atoms with E-state index in [1.165, 1.54) is 0 Å². The second-order valence-corrected chi connectivity index (χ2v) is 6.15. The van der Waals surface area contributed by atoms with Gasteiger partial charge in [-0.25, -0.2) is 0 Å². The molecule has 0 aliphatic heterocycles. The van der Waals surface area contributed by atoms with Gasteiger partial charge in [-0.15, -0.1) is 0 Å². The van der Waals surface area contributed by atoms with E-state index in [2.05, 4.69) is 20.8 Å².